The van der Waals surface area contributed by atoms with Crippen LogP contribution >= 0.6 is 39.1 Å². The van der Waals surface area contributed by atoms with Crippen molar-refractivity contribution in [1.29, 1.82) is 0 Å². The van der Waals surface area contributed by atoms with E-state index in [-0.39, 0.29) is 5.56 Å². The van der Waals surface area contributed by atoms with Crippen LogP contribution in [0.15, 0.2) is 27.5 Å². The van der Waals surface area contributed by atoms with Gasteiger partial charge in [-0.2, -0.15) is 0 Å². The lowest BCUT2D eigenvalue weighted by atomic mass is 10.2. The lowest BCUT2D eigenvalue weighted by molar-refractivity contribution is 0.663. The van der Waals surface area contributed by atoms with Crippen LogP contribution < -0.4 is 5.56 Å². The quantitative estimate of drug-likeness (QED) is 0.894. The van der Waals surface area contributed by atoms with E-state index >= 15 is 0 Å². The van der Waals surface area contributed by atoms with Crippen LogP contribution in [0.25, 0.3) is 0 Å². The van der Waals surface area contributed by atoms with Gasteiger partial charge in [0.25, 0.3) is 5.56 Å². The molecule has 2 rings (SSSR count). The molecule has 1 heterocycles. The summed E-state index contributed by atoms with van der Waals surface area (Å²) in [6.07, 6.45) is 0. The van der Waals surface area contributed by atoms with Crippen molar-refractivity contribution in [2.45, 2.75) is 13.5 Å². The predicted molar refractivity (Wildman–Crippen MR) is 73.1 cm³/mol. The Morgan fingerprint density at radius 3 is 2.65 bits per heavy atom. The van der Waals surface area contributed by atoms with E-state index in [9.17, 15) is 4.79 Å². The summed E-state index contributed by atoms with van der Waals surface area (Å²) in [7, 11) is 0. The zero-order valence-electron chi connectivity index (χ0n) is 8.93. The first-order valence-corrected chi connectivity index (χ1v) is 6.43. The number of halogens is 3. The fourth-order valence-electron chi connectivity index (χ4n) is 1.48. The molecule has 0 radical (unpaired) electrons. The molecule has 0 aliphatic rings. The summed E-state index contributed by atoms with van der Waals surface area (Å²) >= 11 is 15.1. The molecule has 3 nitrogen and oxygen atoms in total. The maximum atomic E-state index is 11.8. The fraction of sp³-hybridized carbons (Fsp3) is 0.182. The Bertz CT molecular complexity index is 618. The molecule has 0 amide bonds. The Morgan fingerprint density at radius 1 is 1.41 bits per heavy atom. The van der Waals surface area contributed by atoms with Crippen molar-refractivity contribution in [3.05, 3.63) is 54.3 Å². The molecular formula is C11H9BrCl2N2O. The summed E-state index contributed by atoms with van der Waals surface area (Å²) in [5.74, 6) is 0. The number of rotatable bonds is 2. The Balaban J connectivity index is 2.35. The largest absolute Gasteiger partial charge is 0.284 e. The highest BCUT2D eigenvalue weighted by molar-refractivity contribution is 9.10. The van der Waals surface area contributed by atoms with Crippen LogP contribution in [0.1, 0.15) is 11.1 Å². The second kappa shape index (κ2) is 4.88. The zero-order valence-corrected chi connectivity index (χ0v) is 12.0. The number of benzene rings is 1. The predicted octanol–water partition coefficient (Wildman–Crippen LogP) is 3.60. The normalized spacial score (nSPS) is 10.8. The van der Waals surface area contributed by atoms with E-state index in [1.165, 1.54) is 4.68 Å². The number of hydrogen-bond acceptors (Lipinski definition) is 1. The van der Waals surface area contributed by atoms with Crippen molar-refractivity contribution >= 4 is 39.1 Å². The lowest BCUT2D eigenvalue weighted by Crippen LogP contribution is -2.18. The van der Waals surface area contributed by atoms with Crippen molar-refractivity contribution in [2.75, 3.05) is 0 Å². The molecule has 0 fully saturated rings. The molecule has 90 valence electrons. The highest BCUT2D eigenvalue weighted by Crippen LogP contribution is 2.23. The second-order valence-electron chi connectivity index (χ2n) is 3.69. The van der Waals surface area contributed by atoms with Crippen molar-refractivity contribution in [3.63, 3.8) is 0 Å². The van der Waals surface area contributed by atoms with Gasteiger partial charge in [0.15, 0.2) is 0 Å². The van der Waals surface area contributed by atoms with Gasteiger partial charge in [-0.1, -0.05) is 29.3 Å². The third kappa shape index (κ3) is 2.59. The van der Waals surface area contributed by atoms with Gasteiger partial charge in [0.2, 0.25) is 0 Å². The molecule has 0 bridgehead atoms. The first-order valence-electron chi connectivity index (χ1n) is 4.88. The number of aromatic amines is 1. The van der Waals surface area contributed by atoms with Crippen molar-refractivity contribution in [1.82, 2.24) is 9.78 Å². The summed E-state index contributed by atoms with van der Waals surface area (Å²) in [6, 6.07) is 5.55. The van der Waals surface area contributed by atoms with Crippen LogP contribution in [0.3, 0.4) is 0 Å². The summed E-state index contributed by atoms with van der Waals surface area (Å²) in [5, 5.41) is 3.80. The molecule has 2 aromatic rings. The van der Waals surface area contributed by atoms with Crippen LogP contribution in [-0.2, 0) is 6.54 Å². The van der Waals surface area contributed by atoms with Crippen LogP contribution in [0.4, 0.5) is 0 Å². The molecule has 0 saturated carbocycles. The van der Waals surface area contributed by atoms with Crippen molar-refractivity contribution < 1.29 is 0 Å². The van der Waals surface area contributed by atoms with E-state index in [1.807, 2.05) is 18.2 Å². The summed E-state index contributed by atoms with van der Waals surface area (Å²) in [5.41, 5.74) is 1.34. The first kappa shape index (κ1) is 12.7. The number of aromatic nitrogens is 2. The lowest BCUT2D eigenvalue weighted by Gasteiger charge is -2.03. The van der Waals surface area contributed by atoms with Gasteiger partial charge < -0.3 is 0 Å². The average molecular weight is 336 g/mol. The number of nitrogens with zero attached hydrogens (tertiary/aromatic N) is 1. The van der Waals surface area contributed by atoms with E-state index in [2.05, 4.69) is 21.0 Å². The number of hydrogen-bond donors (Lipinski definition) is 1. The Morgan fingerprint density at radius 2 is 2.12 bits per heavy atom. The van der Waals surface area contributed by atoms with Crippen LogP contribution in [-0.4, -0.2) is 9.78 Å². The monoisotopic (exact) mass is 334 g/mol. The van der Waals surface area contributed by atoms with E-state index in [1.54, 1.807) is 6.92 Å². The molecule has 6 heteroatoms. The van der Waals surface area contributed by atoms with Gasteiger partial charge in [-0.3, -0.25) is 9.89 Å². The third-order valence-electron chi connectivity index (χ3n) is 2.45. The van der Waals surface area contributed by atoms with Crippen molar-refractivity contribution in [2.24, 2.45) is 0 Å². The molecule has 0 saturated heterocycles. The Labute approximate surface area is 116 Å². The van der Waals surface area contributed by atoms with Gasteiger partial charge in [-0.05, 0) is 40.5 Å². The summed E-state index contributed by atoms with van der Waals surface area (Å²) in [4.78, 5) is 11.8. The van der Waals surface area contributed by atoms with Gasteiger partial charge in [-0.15, -0.1) is 0 Å². The highest BCUT2D eigenvalue weighted by atomic mass is 79.9. The Hall–Kier alpha value is -0.710. The molecule has 0 aliphatic heterocycles. The zero-order chi connectivity index (χ0) is 12.6. The molecule has 0 unspecified atom stereocenters. The third-order valence-corrected chi connectivity index (χ3v) is 4.05. The Kier molecular flexibility index (Phi) is 3.66. The highest BCUT2D eigenvalue weighted by Gasteiger charge is 2.08. The number of nitrogens with one attached hydrogen (secondary N) is 1. The van der Waals surface area contributed by atoms with Crippen LogP contribution in [0.2, 0.25) is 10.2 Å². The minimum atomic E-state index is -0.117. The van der Waals surface area contributed by atoms with Gasteiger partial charge in [0, 0.05) is 4.47 Å². The van der Waals surface area contributed by atoms with Crippen molar-refractivity contribution in [3.8, 4) is 0 Å². The molecule has 0 atom stereocenters. The van der Waals surface area contributed by atoms with Gasteiger partial charge >= 0.3 is 0 Å². The summed E-state index contributed by atoms with van der Waals surface area (Å²) < 4.78 is 2.29. The minimum absolute atomic E-state index is 0.117. The SMILES string of the molecule is Cc1c(Cl)[nH]n(Cc2ccc(Br)c(Cl)c2)c1=O. The molecule has 1 aromatic carbocycles. The average Bonchev–Trinajstić information content (AvgIpc) is 2.52. The minimum Gasteiger partial charge on any atom is -0.284 e. The molecule has 0 aliphatic carbocycles. The van der Waals surface area contributed by atoms with Gasteiger partial charge in [0.1, 0.15) is 5.15 Å². The van der Waals surface area contributed by atoms with Crippen LogP contribution in [0.5, 0.6) is 0 Å². The molecular weight excluding hydrogens is 327 g/mol. The van der Waals surface area contributed by atoms with Gasteiger partial charge in [-0.25, -0.2) is 4.68 Å². The number of H-pyrrole nitrogens is 1. The van der Waals surface area contributed by atoms with E-state index in [0.717, 1.165) is 10.0 Å². The maximum Gasteiger partial charge on any atom is 0.271 e. The van der Waals surface area contributed by atoms with Gasteiger partial charge in [0.05, 0.1) is 17.1 Å². The molecule has 0 spiro atoms. The second-order valence-corrected chi connectivity index (χ2v) is 5.33. The van der Waals surface area contributed by atoms with Crippen LogP contribution in [0, 0.1) is 6.92 Å². The molecule has 1 aromatic heterocycles. The van der Waals surface area contributed by atoms with E-state index in [4.69, 9.17) is 23.2 Å². The van der Waals surface area contributed by atoms with E-state index in [0.29, 0.717) is 22.3 Å². The maximum absolute atomic E-state index is 11.8. The molecule has 1 N–H and O–H groups in total. The fourth-order valence-corrected chi connectivity index (χ4v) is 2.11. The first-order chi connectivity index (χ1) is 7.99. The molecule has 17 heavy (non-hydrogen) atoms. The smallest absolute Gasteiger partial charge is 0.271 e. The summed E-state index contributed by atoms with van der Waals surface area (Å²) in [6.45, 7) is 2.10. The topological polar surface area (TPSA) is 37.8 Å². The van der Waals surface area contributed by atoms with E-state index < -0.39 is 0 Å². The standard InChI is InChI=1S/C11H9BrCl2N2O/c1-6-10(14)15-16(11(6)17)5-7-2-3-8(12)9(13)4-7/h2-4,15H,5H2,1H3.